The molecule has 104 valence electrons. The van der Waals surface area contributed by atoms with Crippen LogP contribution in [0.4, 0.5) is 5.69 Å². The minimum Gasteiger partial charge on any atom is -0.489 e. The monoisotopic (exact) mass is 291 g/mol. The average Bonchev–Trinajstić information content (AvgIpc) is 2.35. The quantitative estimate of drug-likeness (QED) is 0.618. The van der Waals surface area contributed by atoms with E-state index in [1.54, 1.807) is 12.1 Å². The van der Waals surface area contributed by atoms with Crippen LogP contribution in [0.3, 0.4) is 0 Å². The topological polar surface area (TPSA) is 52.4 Å². The fourth-order valence-corrected chi connectivity index (χ4v) is 2.26. The molecular formula is C15H14ClNO3. The van der Waals surface area contributed by atoms with Gasteiger partial charge in [-0.3, -0.25) is 10.1 Å². The summed E-state index contributed by atoms with van der Waals surface area (Å²) < 4.78 is 5.64. The standard InChI is InChI=1S/C15H14ClNO3/c1-10-6-11(2)8-12(7-10)20-9-13-14(16)4-3-5-15(13)17(18)19/h3-8H,9H2,1-2H3. The molecule has 0 N–H and O–H groups in total. The largest absolute Gasteiger partial charge is 0.489 e. The zero-order valence-corrected chi connectivity index (χ0v) is 12.0. The first-order chi connectivity index (χ1) is 9.47. The van der Waals surface area contributed by atoms with Gasteiger partial charge < -0.3 is 4.74 Å². The van der Waals surface area contributed by atoms with Crippen LogP contribution in [-0.4, -0.2) is 4.92 Å². The van der Waals surface area contributed by atoms with Crippen molar-refractivity contribution in [2.45, 2.75) is 20.5 Å². The van der Waals surface area contributed by atoms with Crippen molar-refractivity contribution < 1.29 is 9.66 Å². The lowest BCUT2D eigenvalue weighted by Crippen LogP contribution is -2.01. The van der Waals surface area contributed by atoms with Crippen molar-refractivity contribution in [3.63, 3.8) is 0 Å². The zero-order chi connectivity index (χ0) is 14.7. The molecule has 0 aliphatic heterocycles. The first-order valence-electron chi connectivity index (χ1n) is 6.10. The van der Waals surface area contributed by atoms with Crippen molar-refractivity contribution in [2.24, 2.45) is 0 Å². The van der Waals surface area contributed by atoms with Crippen molar-refractivity contribution in [3.8, 4) is 5.75 Å². The van der Waals surface area contributed by atoms with Crippen LogP contribution in [0.5, 0.6) is 5.75 Å². The fraction of sp³-hybridized carbons (Fsp3) is 0.200. The molecule has 0 atom stereocenters. The lowest BCUT2D eigenvalue weighted by Gasteiger charge is -2.09. The van der Waals surface area contributed by atoms with Gasteiger partial charge in [-0.1, -0.05) is 23.7 Å². The van der Waals surface area contributed by atoms with E-state index in [1.165, 1.54) is 6.07 Å². The smallest absolute Gasteiger partial charge is 0.277 e. The molecule has 0 saturated heterocycles. The Hall–Kier alpha value is -2.07. The predicted octanol–water partition coefficient (Wildman–Crippen LogP) is 4.44. The Morgan fingerprint density at radius 1 is 1.20 bits per heavy atom. The first-order valence-corrected chi connectivity index (χ1v) is 6.48. The Morgan fingerprint density at radius 2 is 1.85 bits per heavy atom. The Kier molecular flexibility index (Phi) is 4.25. The van der Waals surface area contributed by atoms with Crippen LogP contribution in [0.2, 0.25) is 5.02 Å². The van der Waals surface area contributed by atoms with Gasteiger partial charge in [0.2, 0.25) is 0 Å². The summed E-state index contributed by atoms with van der Waals surface area (Å²) in [5.41, 5.74) is 2.52. The number of hydrogen-bond donors (Lipinski definition) is 0. The molecule has 0 saturated carbocycles. The van der Waals surface area contributed by atoms with E-state index < -0.39 is 4.92 Å². The molecule has 0 bridgehead atoms. The van der Waals surface area contributed by atoms with Crippen LogP contribution in [-0.2, 0) is 6.61 Å². The van der Waals surface area contributed by atoms with Gasteiger partial charge in [-0.05, 0) is 43.2 Å². The number of aryl methyl sites for hydroxylation is 2. The summed E-state index contributed by atoms with van der Waals surface area (Å²) in [5.74, 6) is 0.678. The maximum absolute atomic E-state index is 11.0. The van der Waals surface area contributed by atoms with Crippen molar-refractivity contribution >= 4 is 17.3 Å². The average molecular weight is 292 g/mol. The normalized spacial score (nSPS) is 10.3. The highest BCUT2D eigenvalue weighted by Crippen LogP contribution is 2.28. The number of ether oxygens (including phenoxy) is 1. The summed E-state index contributed by atoms with van der Waals surface area (Å²) in [6.45, 7) is 4.01. The van der Waals surface area contributed by atoms with Gasteiger partial charge in [0.15, 0.2) is 0 Å². The van der Waals surface area contributed by atoms with Crippen LogP contribution < -0.4 is 4.74 Å². The third kappa shape index (κ3) is 3.27. The lowest BCUT2D eigenvalue weighted by molar-refractivity contribution is -0.385. The minimum atomic E-state index is -0.452. The van der Waals surface area contributed by atoms with Crippen LogP contribution in [0, 0.1) is 24.0 Å². The highest BCUT2D eigenvalue weighted by Gasteiger charge is 2.17. The predicted molar refractivity (Wildman–Crippen MR) is 78.4 cm³/mol. The van der Waals surface area contributed by atoms with E-state index in [1.807, 2.05) is 32.0 Å². The summed E-state index contributed by atoms with van der Waals surface area (Å²) in [6, 6.07) is 10.4. The van der Waals surface area contributed by atoms with Crippen molar-refractivity contribution in [2.75, 3.05) is 0 Å². The van der Waals surface area contributed by atoms with Gasteiger partial charge in [-0.2, -0.15) is 0 Å². The first kappa shape index (κ1) is 14.3. The maximum Gasteiger partial charge on any atom is 0.277 e. The molecule has 2 aromatic rings. The molecule has 4 nitrogen and oxygen atoms in total. The highest BCUT2D eigenvalue weighted by molar-refractivity contribution is 6.31. The van der Waals surface area contributed by atoms with Crippen molar-refractivity contribution in [1.82, 2.24) is 0 Å². The molecule has 2 aromatic carbocycles. The van der Waals surface area contributed by atoms with Gasteiger partial charge >= 0.3 is 0 Å². The summed E-state index contributed by atoms with van der Waals surface area (Å²) >= 11 is 6.02. The number of rotatable bonds is 4. The molecule has 0 aromatic heterocycles. The van der Waals surface area contributed by atoms with Crippen LogP contribution in [0.1, 0.15) is 16.7 Å². The molecular weight excluding hydrogens is 278 g/mol. The van der Waals surface area contributed by atoms with Crippen LogP contribution >= 0.6 is 11.6 Å². The Bertz CT molecular complexity index is 635. The molecule has 0 unspecified atom stereocenters. The second-order valence-corrected chi connectivity index (χ2v) is 5.01. The van der Waals surface area contributed by atoms with Gasteiger partial charge in [0.25, 0.3) is 5.69 Å². The van der Waals surface area contributed by atoms with E-state index in [2.05, 4.69) is 0 Å². The van der Waals surface area contributed by atoms with E-state index >= 15 is 0 Å². The molecule has 0 heterocycles. The number of nitro benzene ring substituents is 1. The molecule has 0 amide bonds. The minimum absolute atomic E-state index is 0.0260. The Morgan fingerprint density at radius 3 is 2.45 bits per heavy atom. The fourth-order valence-electron chi connectivity index (χ4n) is 2.03. The number of nitrogens with zero attached hydrogens (tertiary/aromatic N) is 1. The van der Waals surface area contributed by atoms with E-state index in [-0.39, 0.29) is 12.3 Å². The van der Waals surface area contributed by atoms with Crippen LogP contribution in [0.15, 0.2) is 36.4 Å². The molecule has 0 fully saturated rings. The van der Waals surface area contributed by atoms with Gasteiger partial charge in [-0.15, -0.1) is 0 Å². The SMILES string of the molecule is Cc1cc(C)cc(OCc2c(Cl)cccc2[N+](=O)[O-])c1. The number of hydrogen-bond acceptors (Lipinski definition) is 3. The molecule has 5 heteroatoms. The van der Waals surface area contributed by atoms with E-state index in [9.17, 15) is 10.1 Å². The van der Waals surface area contributed by atoms with E-state index in [0.717, 1.165) is 11.1 Å². The number of halogens is 1. The molecule has 0 aliphatic carbocycles. The van der Waals surface area contributed by atoms with E-state index in [4.69, 9.17) is 16.3 Å². The Balaban J connectivity index is 2.25. The maximum atomic E-state index is 11.0. The molecule has 20 heavy (non-hydrogen) atoms. The zero-order valence-electron chi connectivity index (χ0n) is 11.2. The Labute approximate surface area is 122 Å². The molecule has 0 radical (unpaired) electrons. The van der Waals surface area contributed by atoms with Gasteiger partial charge in [-0.25, -0.2) is 0 Å². The second-order valence-electron chi connectivity index (χ2n) is 4.61. The third-order valence-electron chi connectivity index (χ3n) is 2.87. The lowest BCUT2D eigenvalue weighted by atomic mass is 10.1. The van der Waals surface area contributed by atoms with E-state index in [0.29, 0.717) is 16.3 Å². The van der Waals surface area contributed by atoms with Gasteiger partial charge in [0.1, 0.15) is 12.4 Å². The van der Waals surface area contributed by atoms with Crippen LogP contribution in [0.25, 0.3) is 0 Å². The number of benzene rings is 2. The molecule has 0 spiro atoms. The summed E-state index contributed by atoms with van der Waals surface area (Å²) in [7, 11) is 0. The van der Waals surface area contributed by atoms with Gasteiger partial charge in [0, 0.05) is 6.07 Å². The number of nitro groups is 1. The summed E-state index contributed by atoms with van der Waals surface area (Å²) in [6.07, 6.45) is 0. The molecule has 2 rings (SSSR count). The van der Waals surface area contributed by atoms with Crippen molar-refractivity contribution in [1.29, 1.82) is 0 Å². The summed E-state index contributed by atoms with van der Waals surface area (Å²) in [4.78, 5) is 10.5. The van der Waals surface area contributed by atoms with Gasteiger partial charge in [0.05, 0.1) is 15.5 Å². The second kappa shape index (κ2) is 5.92. The summed E-state index contributed by atoms with van der Waals surface area (Å²) in [5, 5.41) is 11.3. The highest BCUT2D eigenvalue weighted by atomic mass is 35.5. The molecule has 0 aliphatic rings. The van der Waals surface area contributed by atoms with Crippen molar-refractivity contribution in [3.05, 3.63) is 68.2 Å². The third-order valence-corrected chi connectivity index (χ3v) is 3.22.